The summed E-state index contributed by atoms with van der Waals surface area (Å²) in [5, 5.41) is 4.96. The second kappa shape index (κ2) is 11.1. The maximum absolute atomic E-state index is 12.7. The minimum absolute atomic E-state index is 0.0825. The van der Waals surface area contributed by atoms with E-state index in [1.807, 2.05) is 0 Å². The third kappa shape index (κ3) is 8.14. The fraction of sp³-hybridized carbons (Fsp3) is 0.444. The number of rotatable bonds is 10. The van der Waals surface area contributed by atoms with Crippen LogP contribution in [-0.4, -0.2) is 48.1 Å². The van der Waals surface area contributed by atoms with Gasteiger partial charge >= 0.3 is 0 Å². The average molecular weight is 488 g/mol. The van der Waals surface area contributed by atoms with Crippen LogP contribution >= 0.6 is 22.6 Å². The van der Waals surface area contributed by atoms with Crippen molar-refractivity contribution < 1.29 is 19.2 Å². The zero-order valence-electron chi connectivity index (χ0n) is 15.3. The number of amides is 2. The van der Waals surface area contributed by atoms with Gasteiger partial charge in [0.25, 0.3) is 0 Å². The quantitative estimate of drug-likeness (QED) is 0.272. The minimum atomic E-state index is -0.931. The van der Waals surface area contributed by atoms with Gasteiger partial charge < -0.3 is 26.9 Å². The fourth-order valence-corrected chi connectivity index (χ4v) is 2.56. The summed E-state index contributed by atoms with van der Waals surface area (Å²) >= 11 is 2.12. The van der Waals surface area contributed by atoms with Gasteiger partial charge in [0.2, 0.25) is 11.8 Å². The summed E-state index contributed by atoms with van der Waals surface area (Å²) in [4.78, 5) is 47.9. The van der Waals surface area contributed by atoms with Gasteiger partial charge in [0, 0.05) is 21.6 Å². The Kier molecular flexibility index (Phi) is 9.53. The van der Waals surface area contributed by atoms with Crippen LogP contribution in [0.2, 0.25) is 0 Å². The number of halogens is 1. The molecular formula is C18H25IN4O4. The van der Waals surface area contributed by atoms with Crippen molar-refractivity contribution in [2.24, 2.45) is 11.5 Å². The minimum Gasteiger partial charge on any atom is -0.346 e. The van der Waals surface area contributed by atoms with Crippen molar-refractivity contribution in [1.82, 2.24) is 10.6 Å². The second-order valence-electron chi connectivity index (χ2n) is 6.33. The Morgan fingerprint density at radius 3 is 2.22 bits per heavy atom. The first kappa shape index (κ1) is 23.2. The van der Waals surface area contributed by atoms with Crippen molar-refractivity contribution >= 4 is 46.0 Å². The Balaban J connectivity index is 2.74. The Morgan fingerprint density at radius 2 is 1.70 bits per heavy atom. The van der Waals surface area contributed by atoms with Gasteiger partial charge in [-0.2, -0.15) is 0 Å². The molecule has 0 aliphatic rings. The van der Waals surface area contributed by atoms with Crippen LogP contribution < -0.4 is 22.1 Å². The molecule has 8 nitrogen and oxygen atoms in total. The number of hydrogen-bond acceptors (Lipinski definition) is 6. The van der Waals surface area contributed by atoms with Gasteiger partial charge in [0.15, 0.2) is 5.78 Å². The van der Waals surface area contributed by atoms with Crippen LogP contribution in [0.25, 0.3) is 0 Å². The van der Waals surface area contributed by atoms with Gasteiger partial charge in [-0.05, 0) is 55.0 Å². The van der Waals surface area contributed by atoms with Gasteiger partial charge in [0.05, 0.1) is 18.6 Å². The molecule has 0 saturated carbocycles. The van der Waals surface area contributed by atoms with Crippen LogP contribution in [0.1, 0.15) is 37.0 Å². The van der Waals surface area contributed by atoms with Crippen molar-refractivity contribution in [2.75, 3.05) is 6.54 Å². The first-order chi connectivity index (χ1) is 12.6. The largest absolute Gasteiger partial charge is 0.346 e. The van der Waals surface area contributed by atoms with Crippen LogP contribution in [0.3, 0.4) is 0 Å². The monoisotopic (exact) mass is 488 g/mol. The summed E-state index contributed by atoms with van der Waals surface area (Å²) in [7, 11) is 0. The van der Waals surface area contributed by atoms with Gasteiger partial charge in [-0.25, -0.2) is 0 Å². The van der Waals surface area contributed by atoms with Gasteiger partial charge in [-0.15, -0.1) is 0 Å². The number of carbonyl (C=O) groups excluding carboxylic acids is 4. The summed E-state index contributed by atoms with van der Waals surface area (Å²) in [6, 6.07) is 4.56. The summed E-state index contributed by atoms with van der Waals surface area (Å²) in [6.07, 6.45) is 0.335. The number of ketones is 2. The molecule has 6 N–H and O–H groups in total. The summed E-state index contributed by atoms with van der Waals surface area (Å²) in [5.74, 6) is -1.47. The fourth-order valence-electron chi connectivity index (χ4n) is 2.20. The van der Waals surface area contributed by atoms with Crippen molar-refractivity contribution in [3.05, 3.63) is 33.4 Å². The van der Waals surface area contributed by atoms with Crippen LogP contribution in [0.15, 0.2) is 24.3 Å². The van der Waals surface area contributed by atoms with Crippen molar-refractivity contribution in [1.29, 1.82) is 0 Å². The molecule has 9 heteroatoms. The maximum atomic E-state index is 12.7. The van der Waals surface area contributed by atoms with E-state index in [2.05, 4.69) is 33.2 Å². The van der Waals surface area contributed by atoms with E-state index in [-0.39, 0.29) is 31.0 Å². The Labute approximate surface area is 171 Å². The molecule has 3 atom stereocenters. The highest BCUT2D eigenvalue weighted by atomic mass is 127. The van der Waals surface area contributed by atoms with Crippen molar-refractivity contribution in [3.63, 3.8) is 0 Å². The van der Waals surface area contributed by atoms with E-state index in [4.69, 9.17) is 11.5 Å². The Morgan fingerprint density at radius 1 is 1.11 bits per heavy atom. The average Bonchev–Trinajstić information content (AvgIpc) is 2.62. The molecule has 1 unspecified atom stereocenters. The molecule has 0 fully saturated rings. The third-order valence-electron chi connectivity index (χ3n) is 3.86. The predicted octanol–water partition coefficient (Wildman–Crippen LogP) is 0.119. The lowest BCUT2D eigenvalue weighted by Crippen LogP contribution is -2.53. The molecule has 0 radical (unpaired) electrons. The number of hydrogen-bond donors (Lipinski definition) is 4. The molecule has 0 spiro atoms. The standard InChI is InChI=1S/C18H25IN4O4/c1-10(24)3-8-14(17(26)12-4-6-13(19)7-5-12)23-15(25)9-22-18(27)16(21)11(2)20/h4-7,11,14,16H,3,8-9,20-21H2,1-2H3,(H,22,27)(H,23,25)/t11?,14-,16-/m0/s1. The lowest BCUT2D eigenvalue weighted by molar-refractivity contribution is -0.127. The highest BCUT2D eigenvalue weighted by Crippen LogP contribution is 2.12. The van der Waals surface area contributed by atoms with E-state index in [1.54, 1.807) is 31.2 Å². The van der Waals surface area contributed by atoms with Crippen molar-refractivity contribution in [2.45, 2.75) is 44.8 Å². The van der Waals surface area contributed by atoms with Gasteiger partial charge in [-0.1, -0.05) is 12.1 Å². The van der Waals surface area contributed by atoms with E-state index < -0.39 is 29.9 Å². The molecule has 1 rings (SSSR count). The highest BCUT2D eigenvalue weighted by Gasteiger charge is 2.23. The molecule has 0 aliphatic carbocycles. The molecule has 0 heterocycles. The number of benzene rings is 1. The van der Waals surface area contributed by atoms with Gasteiger partial charge in [0.1, 0.15) is 5.78 Å². The molecule has 0 saturated heterocycles. The first-order valence-electron chi connectivity index (χ1n) is 8.49. The summed E-state index contributed by atoms with van der Waals surface area (Å²) in [6.45, 7) is 2.67. The molecular weight excluding hydrogens is 463 g/mol. The molecule has 0 aromatic heterocycles. The zero-order chi connectivity index (χ0) is 20.6. The van der Waals surface area contributed by atoms with Gasteiger partial charge in [-0.3, -0.25) is 14.4 Å². The van der Waals surface area contributed by atoms with Crippen LogP contribution in [0.4, 0.5) is 0 Å². The highest BCUT2D eigenvalue weighted by molar-refractivity contribution is 14.1. The zero-order valence-corrected chi connectivity index (χ0v) is 17.5. The first-order valence-corrected chi connectivity index (χ1v) is 9.57. The molecule has 1 aromatic rings. The summed E-state index contributed by atoms with van der Waals surface area (Å²) < 4.78 is 0.974. The topological polar surface area (TPSA) is 144 Å². The summed E-state index contributed by atoms with van der Waals surface area (Å²) in [5.41, 5.74) is 11.6. The smallest absolute Gasteiger partial charge is 0.239 e. The molecule has 0 bridgehead atoms. The van der Waals surface area contributed by atoms with E-state index >= 15 is 0 Å². The van der Waals surface area contributed by atoms with E-state index in [0.29, 0.717) is 5.56 Å². The molecule has 2 amide bonds. The van der Waals surface area contributed by atoms with Crippen molar-refractivity contribution in [3.8, 4) is 0 Å². The molecule has 1 aromatic carbocycles. The second-order valence-corrected chi connectivity index (χ2v) is 7.58. The van der Waals surface area contributed by atoms with Crippen LogP contribution in [0.5, 0.6) is 0 Å². The van der Waals surface area contributed by atoms with E-state index in [0.717, 1.165) is 3.57 Å². The molecule has 148 valence electrons. The number of carbonyl (C=O) groups is 4. The molecule has 0 aliphatic heterocycles. The number of nitrogens with two attached hydrogens (primary N) is 2. The van der Waals surface area contributed by atoms with E-state index in [1.165, 1.54) is 6.92 Å². The number of nitrogens with one attached hydrogen (secondary N) is 2. The van der Waals surface area contributed by atoms with E-state index in [9.17, 15) is 19.2 Å². The Bertz CT molecular complexity index is 691. The SMILES string of the molecule is CC(=O)CC[C@H](NC(=O)CNC(=O)[C@@H](N)C(C)N)C(=O)c1ccc(I)cc1. The predicted molar refractivity (Wildman–Crippen MR) is 110 cm³/mol. The normalized spacial score (nSPS) is 14.0. The Hall–Kier alpha value is -1.85. The molecule has 27 heavy (non-hydrogen) atoms. The van der Waals surface area contributed by atoms with Crippen LogP contribution in [-0.2, 0) is 14.4 Å². The lowest BCUT2D eigenvalue weighted by atomic mass is 9.99. The van der Waals surface area contributed by atoms with Crippen LogP contribution in [0, 0.1) is 3.57 Å². The third-order valence-corrected chi connectivity index (χ3v) is 4.58. The lowest BCUT2D eigenvalue weighted by Gasteiger charge is -2.19. The number of Topliss-reactive ketones (excluding diaryl/α,β-unsaturated/α-hetero) is 2. The maximum Gasteiger partial charge on any atom is 0.239 e.